The van der Waals surface area contributed by atoms with Gasteiger partial charge >= 0.3 is 11.5 Å². The van der Waals surface area contributed by atoms with Gasteiger partial charge in [-0.1, -0.05) is 13.1 Å². The second-order valence-electron chi connectivity index (χ2n) is 6.98. The quantitative estimate of drug-likeness (QED) is 0.401. The normalized spacial score (nSPS) is 9.30. The SMILES string of the molecule is CC(C)OC(=O)Cl.[C-]#[N+]c1ncc(N)cc1C.[C-]#[N+]c1ncc(NC(=O)OC(C)C)cc1C. The summed E-state index contributed by atoms with van der Waals surface area (Å²) in [5, 5.41) is 2.54. The van der Waals surface area contributed by atoms with Crippen molar-refractivity contribution in [3.05, 3.63) is 58.5 Å². The third kappa shape index (κ3) is 13.2. The van der Waals surface area contributed by atoms with Gasteiger partial charge < -0.3 is 24.9 Å². The fourth-order valence-corrected chi connectivity index (χ4v) is 2.18. The van der Waals surface area contributed by atoms with E-state index in [1.807, 2.05) is 6.92 Å². The number of carbonyl (C=O) groups excluding carboxylic acids is 2. The van der Waals surface area contributed by atoms with E-state index < -0.39 is 11.5 Å². The zero-order chi connectivity index (χ0) is 25.6. The molecule has 2 heterocycles. The predicted molar refractivity (Wildman–Crippen MR) is 128 cm³/mol. The Bertz CT molecular complexity index is 1030. The first-order valence-electron chi connectivity index (χ1n) is 9.67. The molecule has 0 bridgehead atoms. The number of amides is 1. The molecule has 33 heavy (non-hydrogen) atoms. The van der Waals surface area contributed by atoms with Gasteiger partial charge in [-0.25, -0.2) is 9.59 Å². The van der Waals surface area contributed by atoms with Crippen molar-refractivity contribution >= 4 is 46.1 Å². The highest BCUT2D eigenvalue weighted by atomic mass is 35.5. The summed E-state index contributed by atoms with van der Waals surface area (Å²) in [5.41, 5.74) is 7.35. The molecule has 2 aromatic rings. The largest absolute Gasteiger partial charge is 0.451 e. The number of halogens is 1. The van der Waals surface area contributed by atoms with Crippen LogP contribution < -0.4 is 11.1 Å². The number of ether oxygens (including phenoxy) is 2. The monoisotopic (exact) mass is 474 g/mol. The molecule has 0 saturated carbocycles. The first-order chi connectivity index (χ1) is 15.4. The Kier molecular flexibility index (Phi) is 13.2. The van der Waals surface area contributed by atoms with Gasteiger partial charge in [0.25, 0.3) is 11.6 Å². The van der Waals surface area contributed by atoms with Crippen molar-refractivity contribution in [3.63, 3.8) is 0 Å². The molecule has 3 N–H and O–H groups in total. The molecule has 0 aromatic carbocycles. The number of nitrogens with zero attached hydrogens (tertiary/aromatic N) is 4. The minimum Gasteiger partial charge on any atom is -0.451 e. The minimum atomic E-state index is -0.741. The number of hydrogen-bond donors (Lipinski definition) is 2. The van der Waals surface area contributed by atoms with Crippen LogP contribution in [0.4, 0.5) is 32.6 Å². The number of rotatable bonds is 3. The Morgan fingerprint density at radius 1 is 0.970 bits per heavy atom. The number of nitrogens with two attached hydrogens (primary N) is 1. The molecule has 0 fully saturated rings. The zero-order valence-corrected chi connectivity index (χ0v) is 20.1. The molecule has 2 aromatic heterocycles. The molecule has 0 saturated heterocycles. The van der Waals surface area contributed by atoms with Crippen molar-refractivity contribution < 1.29 is 19.1 Å². The number of aromatic nitrogens is 2. The van der Waals surface area contributed by atoms with Gasteiger partial charge in [0, 0.05) is 11.6 Å². The van der Waals surface area contributed by atoms with Gasteiger partial charge in [-0.05, 0) is 64.8 Å². The summed E-state index contributed by atoms with van der Waals surface area (Å²) in [5.74, 6) is 0.761. The molecule has 11 heteroatoms. The van der Waals surface area contributed by atoms with E-state index in [2.05, 4.69) is 29.7 Å². The molecule has 0 aliphatic carbocycles. The summed E-state index contributed by atoms with van der Waals surface area (Å²) in [6, 6.07) is 3.42. The van der Waals surface area contributed by atoms with E-state index in [4.69, 9.17) is 35.2 Å². The Hall–Kier alpha value is -3.89. The van der Waals surface area contributed by atoms with Gasteiger partial charge in [0.05, 0.1) is 23.6 Å². The molecule has 0 aliphatic rings. The van der Waals surface area contributed by atoms with Crippen molar-refractivity contribution in [2.45, 2.75) is 53.8 Å². The van der Waals surface area contributed by atoms with E-state index in [9.17, 15) is 9.59 Å². The van der Waals surface area contributed by atoms with E-state index >= 15 is 0 Å². The Balaban J connectivity index is 0.000000514. The van der Waals surface area contributed by atoms with E-state index in [0.717, 1.165) is 11.1 Å². The van der Waals surface area contributed by atoms with Gasteiger partial charge in [-0.2, -0.15) is 0 Å². The van der Waals surface area contributed by atoms with Crippen LogP contribution in [0.15, 0.2) is 24.5 Å². The number of pyridine rings is 2. The van der Waals surface area contributed by atoms with E-state index in [1.165, 1.54) is 12.4 Å². The maximum absolute atomic E-state index is 11.3. The minimum absolute atomic E-state index is 0.106. The molecule has 2 rings (SSSR count). The highest BCUT2D eigenvalue weighted by molar-refractivity contribution is 6.61. The van der Waals surface area contributed by atoms with Crippen molar-refractivity contribution in [1.82, 2.24) is 9.97 Å². The van der Waals surface area contributed by atoms with Crippen LogP contribution in [0.25, 0.3) is 9.69 Å². The number of aryl methyl sites for hydroxylation is 2. The van der Waals surface area contributed by atoms with Crippen LogP contribution >= 0.6 is 11.6 Å². The van der Waals surface area contributed by atoms with E-state index in [-0.39, 0.29) is 12.2 Å². The maximum atomic E-state index is 11.3. The van der Waals surface area contributed by atoms with Crippen LogP contribution in [-0.2, 0) is 9.47 Å². The molecule has 0 atom stereocenters. The summed E-state index contributed by atoms with van der Waals surface area (Å²) in [4.78, 5) is 35.2. The third-order valence-corrected chi connectivity index (χ3v) is 3.34. The second kappa shape index (κ2) is 15.0. The van der Waals surface area contributed by atoms with Crippen LogP contribution in [0.5, 0.6) is 0 Å². The van der Waals surface area contributed by atoms with Gasteiger partial charge in [0.2, 0.25) is 0 Å². The Morgan fingerprint density at radius 2 is 1.45 bits per heavy atom. The fourth-order valence-electron chi connectivity index (χ4n) is 2.01. The first-order valence-corrected chi connectivity index (χ1v) is 10.0. The number of nitrogen functional groups attached to an aromatic ring is 1. The zero-order valence-electron chi connectivity index (χ0n) is 19.3. The first kappa shape index (κ1) is 29.1. The van der Waals surface area contributed by atoms with Crippen molar-refractivity contribution in [2.75, 3.05) is 11.1 Å². The lowest BCUT2D eigenvalue weighted by atomic mass is 10.2. The van der Waals surface area contributed by atoms with E-state index in [0.29, 0.717) is 23.0 Å². The summed E-state index contributed by atoms with van der Waals surface area (Å²) in [6.07, 6.45) is 2.12. The van der Waals surface area contributed by atoms with Gasteiger partial charge in [-0.15, -0.1) is 9.97 Å². The molecular formula is C22H27ClN6O4. The van der Waals surface area contributed by atoms with Crippen molar-refractivity contribution in [2.24, 2.45) is 0 Å². The molecule has 0 radical (unpaired) electrons. The average Bonchev–Trinajstić information content (AvgIpc) is 2.67. The molecule has 176 valence electrons. The molecule has 1 amide bonds. The fraction of sp³-hybridized carbons (Fsp3) is 0.364. The number of carbonyl (C=O) groups is 2. The van der Waals surface area contributed by atoms with Crippen molar-refractivity contribution in [1.29, 1.82) is 0 Å². The third-order valence-electron chi connectivity index (χ3n) is 3.25. The lowest BCUT2D eigenvalue weighted by molar-refractivity contribution is 0.130. The lowest BCUT2D eigenvalue weighted by Gasteiger charge is -2.09. The summed E-state index contributed by atoms with van der Waals surface area (Å²) < 4.78 is 9.29. The standard InChI is InChI=1S/C11H13N3O2.C7H7N3.C4H7ClO2/c1-7(2)16-11(15)14-9-5-8(3)10(12-4)13-6-9;1-5-3-6(8)4-10-7(5)9-2;1-3(2)7-4(5)6/h5-7H,1-3H3,(H,14,15);3-4H,8H2,1H3;3H,1-2H3. The lowest BCUT2D eigenvalue weighted by Crippen LogP contribution is -2.18. The van der Waals surface area contributed by atoms with Crippen LogP contribution in [0.3, 0.4) is 0 Å². The second-order valence-corrected chi connectivity index (χ2v) is 7.29. The highest BCUT2D eigenvalue weighted by Gasteiger charge is 2.08. The van der Waals surface area contributed by atoms with Crippen LogP contribution in [0.2, 0.25) is 0 Å². The van der Waals surface area contributed by atoms with Gasteiger partial charge in [0.15, 0.2) is 0 Å². The summed E-state index contributed by atoms with van der Waals surface area (Å²) in [6.45, 7) is 24.1. The topological polar surface area (TPSA) is 125 Å². The molecule has 0 unspecified atom stereocenters. The smallest absolute Gasteiger partial charge is 0.411 e. The Morgan fingerprint density at radius 3 is 1.82 bits per heavy atom. The molecular weight excluding hydrogens is 448 g/mol. The Labute approximate surface area is 198 Å². The number of nitrogens with one attached hydrogen (secondary N) is 1. The van der Waals surface area contributed by atoms with Crippen LogP contribution in [-0.4, -0.2) is 33.7 Å². The molecule has 0 spiro atoms. The molecule has 10 nitrogen and oxygen atoms in total. The summed E-state index contributed by atoms with van der Waals surface area (Å²) in [7, 11) is 0. The van der Waals surface area contributed by atoms with Crippen molar-refractivity contribution in [3.8, 4) is 0 Å². The molecule has 0 aliphatic heterocycles. The van der Waals surface area contributed by atoms with E-state index in [1.54, 1.807) is 46.8 Å². The van der Waals surface area contributed by atoms with Crippen LogP contribution in [0.1, 0.15) is 38.8 Å². The predicted octanol–water partition coefficient (Wildman–Crippen LogP) is 6.19. The van der Waals surface area contributed by atoms with Crippen LogP contribution in [0, 0.1) is 27.0 Å². The number of anilines is 2. The maximum Gasteiger partial charge on any atom is 0.411 e. The average molecular weight is 475 g/mol. The summed E-state index contributed by atoms with van der Waals surface area (Å²) >= 11 is 4.81. The van der Waals surface area contributed by atoms with Gasteiger partial charge in [0.1, 0.15) is 12.4 Å². The number of hydrogen-bond acceptors (Lipinski definition) is 7. The van der Waals surface area contributed by atoms with Gasteiger partial charge in [-0.3, -0.25) is 5.32 Å². The highest BCUT2D eigenvalue weighted by Crippen LogP contribution is 2.19.